The Labute approximate surface area is 191 Å². The lowest BCUT2D eigenvalue weighted by Gasteiger charge is -2.25. The van der Waals surface area contributed by atoms with Crippen LogP contribution in [0.2, 0.25) is 0 Å². The van der Waals surface area contributed by atoms with Gasteiger partial charge in [0, 0.05) is 39.3 Å². The van der Waals surface area contributed by atoms with Crippen molar-refractivity contribution in [2.45, 2.75) is 39.1 Å². The molecule has 1 saturated heterocycles. The van der Waals surface area contributed by atoms with Crippen LogP contribution in [-0.4, -0.2) is 82.3 Å². The van der Waals surface area contributed by atoms with Crippen molar-refractivity contribution < 1.29 is 10.2 Å². The molecular formula is C24H38N6O2. The standard InChI is InChI=1S/C24H38N6O2/c31-19-23-7-1-5-21(27-23)17-29-13-3-9-26-12-16-30(14-4-10-25-11-15-29)18-22-6-2-8-24(20-32)28-22/h1-2,5-8,25-26,31-32H,3-4,9-20H2. The van der Waals surface area contributed by atoms with E-state index in [1.807, 2.05) is 36.4 Å². The molecule has 4 N–H and O–H groups in total. The van der Waals surface area contributed by atoms with E-state index in [0.717, 1.165) is 101 Å². The molecule has 0 radical (unpaired) electrons. The summed E-state index contributed by atoms with van der Waals surface area (Å²) < 4.78 is 0. The molecule has 1 aliphatic heterocycles. The minimum Gasteiger partial charge on any atom is -0.390 e. The van der Waals surface area contributed by atoms with Crippen molar-refractivity contribution in [1.29, 1.82) is 0 Å². The van der Waals surface area contributed by atoms with Crippen molar-refractivity contribution in [2.75, 3.05) is 52.4 Å². The number of pyridine rings is 2. The van der Waals surface area contributed by atoms with Gasteiger partial charge in [-0.3, -0.25) is 19.8 Å². The first-order chi connectivity index (χ1) is 15.8. The zero-order valence-corrected chi connectivity index (χ0v) is 19.0. The first kappa shape index (κ1) is 24.7. The van der Waals surface area contributed by atoms with Crippen molar-refractivity contribution in [3.63, 3.8) is 0 Å². The highest BCUT2D eigenvalue weighted by molar-refractivity contribution is 5.11. The average Bonchev–Trinajstić information content (AvgIpc) is 2.82. The van der Waals surface area contributed by atoms with Crippen LogP contribution in [0.15, 0.2) is 36.4 Å². The smallest absolute Gasteiger partial charge is 0.0853 e. The van der Waals surface area contributed by atoms with E-state index in [1.165, 1.54) is 0 Å². The van der Waals surface area contributed by atoms with Crippen molar-refractivity contribution in [3.05, 3.63) is 59.2 Å². The second-order valence-corrected chi connectivity index (χ2v) is 8.32. The summed E-state index contributed by atoms with van der Waals surface area (Å²) in [5, 5.41) is 25.9. The minimum absolute atomic E-state index is 0.0146. The first-order valence-corrected chi connectivity index (χ1v) is 11.7. The van der Waals surface area contributed by atoms with Gasteiger partial charge in [-0.25, -0.2) is 0 Å². The molecule has 8 heteroatoms. The highest BCUT2D eigenvalue weighted by atomic mass is 16.3. The maximum absolute atomic E-state index is 9.34. The van der Waals surface area contributed by atoms with Crippen LogP contribution in [0.3, 0.4) is 0 Å². The second-order valence-electron chi connectivity index (χ2n) is 8.32. The molecule has 3 rings (SSSR count). The quantitative estimate of drug-likeness (QED) is 0.520. The van der Waals surface area contributed by atoms with Crippen LogP contribution < -0.4 is 10.6 Å². The number of nitrogens with zero attached hydrogens (tertiary/aromatic N) is 4. The predicted molar refractivity (Wildman–Crippen MR) is 126 cm³/mol. The molecule has 1 fully saturated rings. The molecule has 0 saturated carbocycles. The number of aromatic nitrogens is 2. The van der Waals surface area contributed by atoms with Crippen molar-refractivity contribution in [1.82, 2.24) is 30.4 Å². The van der Waals surface area contributed by atoms with Crippen LogP contribution in [-0.2, 0) is 26.3 Å². The zero-order chi connectivity index (χ0) is 22.4. The van der Waals surface area contributed by atoms with Crippen molar-refractivity contribution in [3.8, 4) is 0 Å². The third-order valence-corrected chi connectivity index (χ3v) is 5.69. The van der Waals surface area contributed by atoms with E-state index in [0.29, 0.717) is 0 Å². The Hall–Kier alpha value is -1.94. The Morgan fingerprint density at radius 3 is 1.50 bits per heavy atom. The third-order valence-electron chi connectivity index (χ3n) is 5.69. The SMILES string of the molecule is OCc1cccc(CN2CCCNCCN(Cc3cccc(CO)n3)CCCNCC2)n1. The Morgan fingerprint density at radius 2 is 1.06 bits per heavy atom. The van der Waals surface area contributed by atoms with Gasteiger partial charge in [-0.2, -0.15) is 0 Å². The summed E-state index contributed by atoms with van der Waals surface area (Å²) in [6, 6.07) is 11.7. The summed E-state index contributed by atoms with van der Waals surface area (Å²) >= 11 is 0. The van der Waals surface area contributed by atoms with E-state index in [-0.39, 0.29) is 13.2 Å². The summed E-state index contributed by atoms with van der Waals surface area (Å²) in [6.45, 7) is 9.45. The van der Waals surface area contributed by atoms with Crippen LogP contribution in [0.1, 0.15) is 35.6 Å². The molecule has 3 heterocycles. The lowest BCUT2D eigenvalue weighted by atomic mass is 10.2. The number of aliphatic hydroxyl groups is 2. The summed E-state index contributed by atoms with van der Waals surface area (Å²) in [5.41, 5.74) is 3.49. The lowest BCUT2D eigenvalue weighted by Crippen LogP contribution is -2.38. The van der Waals surface area contributed by atoms with Gasteiger partial charge in [-0.15, -0.1) is 0 Å². The highest BCUT2D eigenvalue weighted by Gasteiger charge is 2.10. The molecule has 176 valence electrons. The van der Waals surface area contributed by atoms with Crippen LogP contribution >= 0.6 is 0 Å². The number of hydrogen-bond acceptors (Lipinski definition) is 8. The van der Waals surface area contributed by atoms with Crippen molar-refractivity contribution in [2.24, 2.45) is 0 Å². The molecule has 8 nitrogen and oxygen atoms in total. The molecule has 0 spiro atoms. The molecule has 0 aromatic carbocycles. The summed E-state index contributed by atoms with van der Waals surface area (Å²) in [5.74, 6) is 0. The molecule has 0 aliphatic carbocycles. The fraction of sp³-hybridized carbons (Fsp3) is 0.583. The van der Waals surface area contributed by atoms with E-state index in [9.17, 15) is 10.2 Å². The van der Waals surface area contributed by atoms with E-state index in [4.69, 9.17) is 0 Å². The summed E-state index contributed by atoms with van der Waals surface area (Å²) in [7, 11) is 0. The minimum atomic E-state index is -0.0146. The van der Waals surface area contributed by atoms with Gasteiger partial charge < -0.3 is 20.8 Å². The fourth-order valence-corrected chi connectivity index (χ4v) is 3.99. The predicted octanol–water partition coefficient (Wildman–Crippen LogP) is 0.738. The zero-order valence-electron chi connectivity index (χ0n) is 19.0. The molecule has 1 aliphatic rings. The van der Waals surface area contributed by atoms with Crippen LogP contribution in [0.5, 0.6) is 0 Å². The van der Waals surface area contributed by atoms with Crippen molar-refractivity contribution >= 4 is 0 Å². The summed E-state index contributed by atoms with van der Waals surface area (Å²) in [6.07, 6.45) is 2.17. The number of rotatable bonds is 6. The van der Waals surface area contributed by atoms with Gasteiger partial charge in [-0.1, -0.05) is 12.1 Å². The largest absolute Gasteiger partial charge is 0.390 e. The van der Waals surface area contributed by atoms with Gasteiger partial charge in [0.1, 0.15) is 0 Å². The Bertz CT molecular complexity index is 709. The first-order valence-electron chi connectivity index (χ1n) is 11.7. The Balaban J connectivity index is 1.48. The molecule has 2 aromatic heterocycles. The maximum atomic E-state index is 9.34. The normalized spacial score (nSPS) is 18.3. The Kier molecular flexibility index (Phi) is 11.0. The van der Waals surface area contributed by atoms with Gasteiger partial charge in [-0.05, 0) is 63.3 Å². The number of hydrogen-bond donors (Lipinski definition) is 4. The number of nitrogens with one attached hydrogen (secondary N) is 2. The lowest BCUT2D eigenvalue weighted by molar-refractivity contribution is 0.237. The topological polar surface area (TPSA) is 96.8 Å². The summed E-state index contributed by atoms with van der Waals surface area (Å²) in [4.78, 5) is 14.0. The molecule has 0 unspecified atom stereocenters. The third kappa shape index (κ3) is 8.90. The molecule has 2 aromatic rings. The van der Waals surface area contributed by atoms with E-state index >= 15 is 0 Å². The van der Waals surface area contributed by atoms with Crippen LogP contribution in [0.25, 0.3) is 0 Å². The van der Waals surface area contributed by atoms with Gasteiger partial charge in [0.15, 0.2) is 0 Å². The Morgan fingerprint density at radius 1 is 0.625 bits per heavy atom. The average molecular weight is 443 g/mol. The van der Waals surface area contributed by atoms with E-state index in [2.05, 4.69) is 30.4 Å². The van der Waals surface area contributed by atoms with E-state index < -0.39 is 0 Å². The van der Waals surface area contributed by atoms with Crippen LogP contribution in [0.4, 0.5) is 0 Å². The highest BCUT2D eigenvalue weighted by Crippen LogP contribution is 2.06. The van der Waals surface area contributed by atoms with Gasteiger partial charge in [0.2, 0.25) is 0 Å². The van der Waals surface area contributed by atoms with Gasteiger partial charge in [0.05, 0.1) is 36.0 Å². The second kappa shape index (κ2) is 14.3. The molecular weight excluding hydrogens is 404 g/mol. The molecule has 0 atom stereocenters. The maximum Gasteiger partial charge on any atom is 0.0853 e. The van der Waals surface area contributed by atoms with Gasteiger partial charge >= 0.3 is 0 Å². The molecule has 0 bridgehead atoms. The van der Waals surface area contributed by atoms with Crippen LogP contribution in [0, 0.1) is 0 Å². The monoisotopic (exact) mass is 442 g/mol. The fourth-order valence-electron chi connectivity index (χ4n) is 3.99. The van der Waals surface area contributed by atoms with Gasteiger partial charge in [0.25, 0.3) is 0 Å². The molecule has 0 amide bonds. The van der Waals surface area contributed by atoms with E-state index in [1.54, 1.807) is 0 Å². The molecule has 32 heavy (non-hydrogen) atoms. The number of aliphatic hydroxyl groups excluding tert-OH is 2.